The van der Waals surface area contributed by atoms with Gasteiger partial charge in [0.2, 0.25) is 5.82 Å². The Balaban J connectivity index is 2.06. The molecule has 2 rings (SSSR count). The smallest absolute Gasteiger partial charge is 0.299 e. The molecule has 1 fully saturated rings. The fourth-order valence-electron chi connectivity index (χ4n) is 2.04. The summed E-state index contributed by atoms with van der Waals surface area (Å²) < 4.78 is 13.4. The van der Waals surface area contributed by atoms with Gasteiger partial charge in [-0.25, -0.2) is 0 Å². The molecule has 17 heavy (non-hydrogen) atoms. The van der Waals surface area contributed by atoms with E-state index in [1.54, 1.807) is 6.07 Å². The second kappa shape index (κ2) is 4.79. The van der Waals surface area contributed by atoms with E-state index in [-0.39, 0.29) is 0 Å². The van der Waals surface area contributed by atoms with E-state index < -0.39 is 16.4 Å². The summed E-state index contributed by atoms with van der Waals surface area (Å²) in [6.07, 6.45) is 3.63. The summed E-state index contributed by atoms with van der Waals surface area (Å²) in [5, 5.41) is 10.5. The molecule has 0 N–H and O–H groups in total. The minimum Gasteiger partial charge on any atom is -0.299 e. The van der Waals surface area contributed by atoms with Crippen LogP contribution in [0.25, 0.3) is 0 Å². The third kappa shape index (κ3) is 2.61. The van der Waals surface area contributed by atoms with E-state index >= 15 is 0 Å². The molecule has 0 amide bonds. The van der Waals surface area contributed by atoms with Crippen LogP contribution in [0, 0.1) is 15.9 Å². The van der Waals surface area contributed by atoms with Crippen LogP contribution in [0.4, 0.5) is 10.1 Å². The molecule has 1 aromatic rings. The lowest BCUT2D eigenvalue weighted by Gasteiger charge is -2.34. The predicted octanol–water partition coefficient (Wildman–Crippen LogP) is 2.72. The first kappa shape index (κ1) is 12.0. The van der Waals surface area contributed by atoms with Crippen LogP contribution in [0.15, 0.2) is 18.2 Å². The number of benzene rings is 1. The summed E-state index contributed by atoms with van der Waals surface area (Å²) >= 11 is 0. The average molecular weight is 238 g/mol. The Morgan fingerprint density at radius 1 is 1.53 bits per heavy atom. The monoisotopic (exact) mass is 238 g/mol. The fourth-order valence-corrected chi connectivity index (χ4v) is 2.04. The van der Waals surface area contributed by atoms with Gasteiger partial charge in [0.15, 0.2) is 0 Å². The molecule has 0 bridgehead atoms. The number of rotatable bonds is 4. The molecular weight excluding hydrogens is 223 g/mol. The summed E-state index contributed by atoms with van der Waals surface area (Å²) in [6.45, 7) is 0.638. The molecule has 92 valence electrons. The standard InChI is InChI=1S/C12H15FN2O2/c1-14(10-3-2-4-10)8-9-5-6-12(15(16)17)11(13)7-9/h5-7,10H,2-4,8H2,1H3. The Kier molecular flexibility index (Phi) is 3.38. The highest BCUT2D eigenvalue weighted by Gasteiger charge is 2.22. The first-order valence-corrected chi connectivity index (χ1v) is 5.71. The molecule has 0 aromatic heterocycles. The summed E-state index contributed by atoms with van der Waals surface area (Å²) in [5.41, 5.74) is 0.322. The molecule has 1 saturated carbocycles. The van der Waals surface area contributed by atoms with Gasteiger partial charge in [0, 0.05) is 18.7 Å². The highest BCUT2D eigenvalue weighted by Crippen LogP contribution is 2.25. The zero-order valence-electron chi connectivity index (χ0n) is 9.73. The summed E-state index contributed by atoms with van der Waals surface area (Å²) in [7, 11) is 2.00. The maximum absolute atomic E-state index is 13.4. The van der Waals surface area contributed by atoms with Crippen molar-refractivity contribution in [2.75, 3.05) is 7.05 Å². The lowest BCUT2D eigenvalue weighted by Crippen LogP contribution is -2.36. The van der Waals surface area contributed by atoms with E-state index in [9.17, 15) is 14.5 Å². The van der Waals surface area contributed by atoms with E-state index in [0.29, 0.717) is 12.6 Å². The molecule has 4 nitrogen and oxygen atoms in total. The molecular formula is C12H15FN2O2. The molecule has 1 aromatic carbocycles. The van der Waals surface area contributed by atoms with Crippen LogP contribution in [-0.2, 0) is 6.54 Å². The molecule has 0 saturated heterocycles. The van der Waals surface area contributed by atoms with Crippen molar-refractivity contribution in [2.24, 2.45) is 0 Å². The number of nitrogens with zero attached hydrogens (tertiary/aromatic N) is 2. The highest BCUT2D eigenvalue weighted by molar-refractivity contribution is 5.34. The molecule has 0 atom stereocenters. The number of hydrogen-bond donors (Lipinski definition) is 0. The van der Waals surface area contributed by atoms with Crippen molar-refractivity contribution in [3.05, 3.63) is 39.7 Å². The Bertz CT molecular complexity index is 433. The van der Waals surface area contributed by atoms with Gasteiger partial charge in [-0.1, -0.05) is 12.5 Å². The fraction of sp³-hybridized carbons (Fsp3) is 0.500. The Morgan fingerprint density at radius 3 is 2.71 bits per heavy atom. The van der Waals surface area contributed by atoms with Crippen molar-refractivity contribution in [1.82, 2.24) is 4.90 Å². The zero-order chi connectivity index (χ0) is 12.4. The molecule has 0 radical (unpaired) electrons. The van der Waals surface area contributed by atoms with Crippen LogP contribution < -0.4 is 0 Å². The number of hydrogen-bond acceptors (Lipinski definition) is 3. The van der Waals surface area contributed by atoms with Crippen LogP contribution in [0.5, 0.6) is 0 Å². The van der Waals surface area contributed by atoms with E-state index in [1.807, 2.05) is 7.05 Å². The third-order valence-electron chi connectivity index (χ3n) is 3.34. The summed E-state index contributed by atoms with van der Waals surface area (Å²) in [4.78, 5) is 11.9. The average Bonchev–Trinajstić information content (AvgIpc) is 2.13. The van der Waals surface area contributed by atoms with Crippen molar-refractivity contribution in [3.63, 3.8) is 0 Å². The Hall–Kier alpha value is -1.49. The van der Waals surface area contributed by atoms with Gasteiger partial charge in [-0.15, -0.1) is 0 Å². The van der Waals surface area contributed by atoms with Crippen molar-refractivity contribution in [1.29, 1.82) is 0 Å². The largest absolute Gasteiger partial charge is 0.304 e. The maximum atomic E-state index is 13.4. The lowest BCUT2D eigenvalue weighted by atomic mass is 9.91. The van der Waals surface area contributed by atoms with Crippen molar-refractivity contribution < 1.29 is 9.31 Å². The normalized spacial score (nSPS) is 15.9. The first-order valence-electron chi connectivity index (χ1n) is 5.71. The Labute approximate surface area is 99.2 Å². The van der Waals surface area contributed by atoms with Crippen molar-refractivity contribution >= 4 is 5.69 Å². The zero-order valence-corrected chi connectivity index (χ0v) is 9.73. The number of nitro groups is 1. The van der Waals surface area contributed by atoms with E-state index in [0.717, 1.165) is 5.56 Å². The second-order valence-electron chi connectivity index (χ2n) is 4.54. The van der Waals surface area contributed by atoms with Gasteiger partial charge in [0.05, 0.1) is 4.92 Å². The predicted molar refractivity (Wildman–Crippen MR) is 62.2 cm³/mol. The maximum Gasteiger partial charge on any atom is 0.304 e. The lowest BCUT2D eigenvalue weighted by molar-refractivity contribution is -0.387. The summed E-state index contributed by atoms with van der Waals surface area (Å²) in [6, 6.07) is 4.69. The molecule has 0 unspecified atom stereocenters. The van der Waals surface area contributed by atoms with Crippen LogP contribution in [0.1, 0.15) is 24.8 Å². The molecule has 1 aliphatic rings. The quantitative estimate of drug-likeness (QED) is 0.598. The van der Waals surface area contributed by atoms with Crippen LogP contribution in [0.2, 0.25) is 0 Å². The topological polar surface area (TPSA) is 46.4 Å². The van der Waals surface area contributed by atoms with Gasteiger partial charge in [0.25, 0.3) is 0 Å². The molecule has 1 aliphatic carbocycles. The van der Waals surface area contributed by atoms with Gasteiger partial charge < -0.3 is 0 Å². The van der Waals surface area contributed by atoms with Gasteiger partial charge in [-0.2, -0.15) is 4.39 Å². The van der Waals surface area contributed by atoms with E-state index in [2.05, 4.69) is 4.90 Å². The van der Waals surface area contributed by atoms with Gasteiger partial charge in [0.1, 0.15) is 0 Å². The SMILES string of the molecule is CN(Cc1ccc([N+](=O)[O-])c(F)c1)C1CCC1. The van der Waals surface area contributed by atoms with Crippen molar-refractivity contribution in [3.8, 4) is 0 Å². The third-order valence-corrected chi connectivity index (χ3v) is 3.34. The highest BCUT2D eigenvalue weighted by atomic mass is 19.1. The Morgan fingerprint density at radius 2 is 2.24 bits per heavy atom. The van der Waals surface area contributed by atoms with Gasteiger partial charge >= 0.3 is 5.69 Å². The van der Waals surface area contributed by atoms with Crippen LogP contribution >= 0.6 is 0 Å². The molecule has 0 aliphatic heterocycles. The van der Waals surface area contributed by atoms with Gasteiger partial charge in [-0.3, -0.25) is 15.0 Å². The van der Waals surface area contributed by atoms with E-state index in [4.69, 9.17) is 0 Å². The minimum atomic E-state index is -0.755. The van der Waals surface area contributed by atoms with Gasteiger partial charge in [-0.05, 0) is 31.5 Å². The summed E-state index contributed by atoms with van der Waals surface area (Å²) in [5.74, 6) is -0.755. The van der Waals surface area contributed by atoms with E-state index in [1.165, 1.54) is 31.4 Å². The number of halogens is 1. The number of nitro benzene ring substituents is 1. The minimum absolute atomic E-state index is 0.458. The molecule has 5 heteroatoms. The second-order valence-corrected chi connectivity index (χ2v) is 4.54. The first-order chi connectivity index (χ1) is 8.08. The molecule has 0 spiro atoms. The molecule has 0 heterocycles. The van der Waals surface area contributed by atoms with Crippen molar-refractivity contribution in [2.45, 2.75) is 31.8 Å². The van der Waals surface area contributed by atoms with Crippen LogP contribution in [0.3, 0.4) is 0 Å². The van der Waals surface area contributed by atoms with Crippen LogP contribution in [-0.4, -0.2) is 22.9 Å².